The number of nitrogens with zero attached hydrogens (tertiary/aromatic N) is 1. The van der Waals surface area contributed by atoms with Gasteiger partial charge in [0.1, 0.15) is 5.71 Å². The Hall–Kier alpha value is -1.68. The molecule has 1 aromatic carbocycles. The third kappa shape index (κ3) is 2.67. The summed E-state index contributed by atoms with van der Waals surface area (Å²) in [6.45, 7) is 0. The van der Waals surface area contributed by atoms with E-state index < -0.39 is 0 Å². The van der Waals surface area contributed by atoms with Crippen molar-refractivity contribution in [3.63, 3.8) is 0 Å². The van der Waals surface area contributed by atoms with E-state index in [1.807, 2.05) is 0 Å². The van der Waals surface area contributed by atoms with Gasteiger partial charge in [0.25, 0.3) is 5.91 Å². The standard InChI is InChI=1S/C19H21ClN2O2/c20-13-9-7-12(8-10-13)19(24)22-21-17-14-5-1-3-11-4-2-6-15(16(11)14)18(17)23/h7-11,14-16H,1-6H2,(H,22,24). The Morgan fingerprint density at radius 2 is 1.71 bits per heavy atom. The quantitative estimate of drug-likeness (QED) is 0.828. The first kappa shape index (κ1) is 15.8. The monoisotopic (exact) mass is 344 g/mol. The second-order valence-electron chi connectivity index (χ2n) is 7.22. The summed E-state index contributed by atoms with van der Waals surface area (Å²) in [7, 11) is 0. The maximum Gasteiger partial charge on any atom is 0.271 e. The van der Waals surface area contributed by atoms with Crippen molar-refractivity contribution in [3.8, 4) is 0 Å². The molecule has 3 fully saturated rings. The molecule has 3 saturated carbocycles. The van der Waals surface area contributed by atoms with Crippen molar-refractivity contribution >= 4 is 29.0 Å². The largest absolute Gasteiger partial charge is 0.292 e. The van der Waals surface area contributed by atoms with Gasteiger partial charge in [-0.25, -0.2) is 5.43 Å². The van der Waals surface area contributed by atoms with Crippen LogP contribution in [0.4, 0.5) is 0 Å². The van der Waals surface area contributed by atoms with Gasteiger partial charge in [0.15, 0.2) is 5.78 Å². The van der Waals surface area contributed by atoms with E-state index in [0.717, 1.165) is 25.7 Å². The van der Waals surface area contributed by atoms with Gasteiger partial charge in [-0.2, -0.15) is 5.10 Å². The second kappa shape index (κ2) is 6.32. The third-order valence-corrected chi connectivity index (χ3v) is 6.23. The summed E-state index contributed by atoms with van der Waals surface area (Å²) in [4.78, 5) is 25.0. The van der Waals surface area contributed by atoms with Crippen LogP contribution in [0.5, 0.6) is 0 Å². The summed E-state index contributed by atoms with van der Waals surface area (Å²) in [5, 5.41) is 4.87. The lowest BCUT2D eigenvalue weighted by atomic mass is 9.65. The van der Waals surface area contributed by atoms with Gasteiger partial charge in [0, 0.05) is 22.4 Å². The van der Waals surface area contributed by atoms with Crippen molar-refractivity contribution < 1.29 is 9.59 Å². The molecular weight excluding hydrogens is 324 g/mol. The van der Waals surface area contributed by atoms with Crippen molar-refractivity contribution in [2.45, 2.75) is 38.5 Å². The zero-order valence-electron chi connectivity index (χ0n) is 13.5. The smallest absolute Gasteiger partial charge is 0.271 e. The van der Waals surface area contributed by atoms with Crippen molar-refractivity contribution in [3.05, 3.63) is 34.9 Å². The fourth-order valence-corrected chi connectivity index (χ4v) is 5.09. The topological polar surface area (TPSA) is 58.5 Å². The molecule has 24 heavy (non-hydrogen) atoms. The summed E-state index contributed by atoms with van der Waals surface area (Å²) in [6, 6.07) is 6.66. The Morgan fingerprint density at radius 1 is 1.04 bits per heavy atom. The number of hydrogen-bond acceptors (Lipinski definition) is 3. The molecule has 0 spiro atoms. The fraction of sp³-hybridized carbons (Fsp3) is 0.526. The van der Waals surface area contributed by atoms with Crippen molar-refractivity contribution in [1.82, 2.24) is 5.43 Å². The summed E-state index contributed by atoms with van der Waals surface area (Å²) in [6.07, 6.45) is 6.81. The number of Topliss-reactive ketones (excluding diaryl/α,β-unsaturated/α-hetero) is 1. The molecule has 3 aliphatic rings. The highest BCUT2D eigenvalue weighted by Gasteiger charge is 2.53. The summed E-state index contributed by atoms with van der Waals surface area (Å²) in [5.41, 5.74) is 3.69. The molecule has 4 nitrogen and oxygen atoms in total. The summed E-state index contributed by atoms with van der Waals surface area (Å²) >= 11 is 5.84. The van der Waals surface area contributed by atoms with Gasteiger partial charge in [0.2, 0.25) is 0 Å². The molecule has 0 aliphatic heterocycles. The minimum atomic E-state index is -0.297. The van der Waals surface area contributed by atoms with Gasteiger partial charge >= 0.3 is 0 Å². The van der Waals surface area contributed by atoms with Crippen LogP contribution in [0.15, 0.2) is 29.4 Å². The first-order valence-corrected chi connectivity index (χ1v) is 9.20. The molecule has 1 N–H and O–H groups in total. The van der Waals surface area contributed by atoms with Crippen LogP contribution in [0, 0.1) is 23.7 Å². The predicted molar refractivity (Wildman–Crippen MR) is 93.0 cm³/mol. The SMILES string of the molecule is O=C(NN=C1C(=O)C2CCCC3CCCC1C32)c1ccc(Cl)cc1. The number of benzene rings is 1. The molecule has 4 rings (SSSR count). The summed E-state index contributed by atoms with van der Waals surface area (Å²) in [5.74, 6) is 1.40. The van der Waals surface area contributed by atoms with E-state index in [2.05, 4.69) is 10.5 Å². The number of carbonyl (C=O) groups is 2. The second-order valence-corrected chi connectivity index (χ2v) is 7.66. The number of amides is 1. The Kier molecular flexibility index (Phi) is 4.17. The number of rotatable bonds is 2. The van der Waals surface area contributed by atoms with Crippen LogP contribution in [0.2, 0.25) is 5.02 Å². The lowest BCUT2D eigenvalue weighted by Gasteiger charge is -2.39. The Morgan fingerprint density at radius 3 is 2.42 bits per heavy atom. The number of ketones is 1. The van der Waals surface area contributed by atoms with Gasteiger partial charge in [0.05, 0.1) is 0 Å². The first-order chi connectivity index (χ1) is 11.6. The first-order valence-electron chi connectivity index (χ1n) is 8.83. The normalized spacial score (nSPS) is 33.4. The van der Waals surface area contributed by atoms with Gasteiger partial charge in [-0.05, 0) is 48.9 Å². The van der Waals surface area contributed by atoms with E-state index in [1.54, 1.807) is 24.3 Å². The number of halogens is 1. The molecule has 126 valence electrons. The van der Waals surface area contributed by atoms with Crippen LogP contribution in [0.25, 0.3) is 0 Å². The molecule has 0 heterocycles. The van der Waals surface area contributed by atoms with Gasteiger partial charge < -0.3 is 0 Å². The van der Waals surface area contributed by atoms with E-state index >= 15 is 0 Å². The highest BCUT2D eigenvalue weighted by molar-refractivity contribution is 6.43. The molecule has 0 aromatic heterocycles. The average Bonchev–Trinajstić information content (AvgIpc) is 2.88. The Bertz CT molecular complexity index is 696. The molecule has 1 amide bonds. The molecule has 1 aromatic rings. The van der Waals surface area contributed by atoms with Gasteiger partial charge in [-0.3, -0.25) is 9.59 Å². The van der Waals surface area contributed by atoms with E-state index in [9.17, 15) is 9.59 Å². The van der Waals surface area contributed by atoms with Crippen LogP contribution in [-0.2, 0) is 4.79 Å². The van der Waals surface area contributed by atoms with Crippen LogP contribution in [-0.4, -0.2) is 17.4 Å². The molecule has 4 atom stereocenters. The van der Waals surface area contributed by atoms with E-state index in [0.29, 0.717) is 28.1 Å². The van der Waals surface area contributed by atoms with Crippen LogP contribution >= 0.6 is 11.6 Å². The molecule has 0 bridgehead atoms. The maximum absolute atomic E-state index is 12.8. The molecule has 3 aliphatic carbocycles. The Labute approximate surface area is 146 Å². The molecular formula is C19H21ClN2O2. The zero-order chi connectivity index (χ0) is 16.7. The predicted octanol–water partition coefficient (Wildman–Crippen LogP) is 3.84. The molecule has 0 radical (unpaired) electrons. The lowest BCUT2D eigenvalue weighted by molar-refractivity contribution is -0.118. The van der Waals surface area contributed by atoms with Gasteiger partial charge in [-0.1, -0.05) is 37.3 Å². The van der Waals surface area contributed by atoms with Crippen LogP contribution in [0.1, 0.15) is 48.9 Å². The third-order valence-electron chi connectivity index (χ3n) is 5.98. The van der Waals surface area contributed by atoms with E-state index in [1.165, 1.54) is 12.8 Å². The minimum absolute atomic E-state index is 0.139. The number of hydrogen-bond donors (Lipinski definition) is 1. The van der Waals surface area contributed by atoms with Crippen molar-refractivity contribution in [2.24, 2.45) is 28.8 Å². The highest BCUT2D eigenvalue weighted by Crippen LogP contribution is 2.51. The number of hydrazone groups is 1. The number of carbonyl (C=O) groups excluding carboxylic acids is 2. The van der Waals surface area contributed by atoms with E-state index in [-0.39, 0.29) is 23.5 Å². The minimum Gasteiger partial charge on any atom is -0.292 e. The van der Waals surface area contributed by atoms with Crippen LogP contribution in [0.3, 0.4) is 0 Å². The molecule has 0 saturated heterocycles. The fourth-order valence-electron chi connectivity index (χ4n) is 4.96. The average molecular weight is 345 g/mol. The lowest BCUT2D eigenvalue weighted by Crippen LogP contribution is -2.33. The van der Waals surface area contributed by atoms with Gasteiger partial charge in [-0.15, -0.1) is 0 Å². The summed E-state index contributed by atoms with van der Waals surface area (Å²) < 4.78 is 0. The highest BCUT2D eigenvalue weighted by atomic mass is 35.5. The van der Waals surface area contributed by atoms with E-state index in [4.69, 9.17) is 11.6 Å². The molecule has 5 heteroatoms. The maximum atomic E-state index is 12.8. The molecule has 4 unspecified atom stereocenters. The number of nitrogens with one attached hydrogen (secondary N) is 1. The van der Waals surface area contributed by atoms with Crippen molar-refractivity contribution in [2.75, 3.05) is 0 Å². The zero-order valence-corrected chi connectivity index (χ0v) is 14.3. The Balaban J connectivity index is 1.54. The van der Waals surface area contributed by atoms with Crippen LogP contribution < -0.4 is 5.43 Å². The van der Waals surface area contributed by atoms with Crippen molar-refractivity contribution in [1.29, 1.82) is 0 Å².